The van der Waals surface area contributed by atoms with Crippen LogP contribution in [0.15, 0.2) is 18.2 Å². The molecule has 1 saturated carbocycles. The van der Waals surface area contributed by atoms with E-state index < -0.39 is 0 Å². The first-order valence-electron chi connectivity index (χ1n) is 7.83. The Bertz CT molecular complexity index is 488. The van der Waals surface area contributed by atoms with Gasteiger partial charge in [0.2, 0.25) is 5.91 Å². The molecule has 4 nitrogen and oxygen atoms in total. The van der Waals surface area contributed by atoms with Crippen LogP contribution in [-0.2, 0) is 9.53 Å². The fraction of sp³-hybridized carbons (Fsp3) is 0.588. The molecule has 0 bridgehead atoms. The van der Waals surface area contributed by atoms with Gasteiger partial charge in [-0.2, -0.15) is 0 Å². The van der Waals surface area contributed by atoms with Crippen molar-refractivity contribution in [3.05, 3.63) is 23.8 Å². The standard InChI is InChI=1S/C17H26N2O2/c1-12-5-3-6-14(11-12)21-10-9-17(20)19-16-8-4-7-15(18)13(16)2/h4,7-8,12,14H,3,5-6,9-11,18H2,1-2H3,(H,19,20). The second-order valence-electron chi connectivity index (χ2n) is 6.08. The molecule has 21 heavy (non-hydrogen) atoms. The maximum Gasteiger partial charge on any atom is 0.226 e. The third kappa shape index (κ3) is 4.74. The summed E-state index contributed by atoms with van der Waals surface area (Å²) < 4.78 is 5.83. The summed E-state index contributed by atoms with van der Waals surface area (Å²) in [6, 6.07) is 5.55. The molecule has 3 N–H and O–H groups in total. The van der Waals surface area contributed by atoms with Crippen molar-refractivity contribution < 1.29 is 9.53 Å². The van der Waals surface area contributed by atoms with Crippen LogP contribution < -0.4 is 11.1 Å². The summed E-state index contributed by atoms with van der Waals surface area (Å²) in [5, 5.41) is 2.90. The number of hydrogen-bond donors (Lipinski definition) is 2. The van der Waals surface area contributed by atoms with Crippen molar-refractivity contribution in [2.45, 2.75) is 52.1 Å². The molecule has 0 radical (unpaired) electrons. The monoisotopic (exact) mass is 290 g/mol. The smallest absolute Gasteiger partial charge is 0.226 e. The molecule has 0 aliphatic heterocycles. The van der Waals surface area contributed by atoms with Crippen LogP contribution in [0.4, 0.5) is 11.4 Å². The van der Waals surface area contributed by atoms with Gasteiger partial charge in [-0.15, -0.1) is 0 Å². The minimum Gasteiger partial charge on any atom is -0.398 e. The van der Waals surface area contributed by atoms with Crippen molar-refractivity contribution >= 4 is 17.3 Å². The zero-order valence-corrected chi connectivity index (χ0v) is 13.0. The van der Waals surface area contributed by atoms with Gasteiger partial charge in [-0.25, -0.2) is 0 Å². The molecule has 1 amide bonds. The zero-order chi connectivity index (χ0) is 15.2. The van der Waals surface area contributed by atoms with Gasteiger partial charge in [0.1, 0.15) is 0 Å². The van der Waals surface area contributed by atoms with Crippen LogP contribution in [0.3, 0.4) is 0 Å². The van der Waals surface area contributed by atoms with E-state index in [1.807, 2.05) is 25.1 Å². The summed E-state index contributed by atoms with van der Waals surface area (Å²) in [6.45, 7) is 4.67. The van der Waals surface area contributed by atoms with Crippen molar-refractivity contribution in [1.29, 1.82) is 0 Å². The van der Waals surface area contributed by atoms with Gasteiger partial charge in [0.25, 0.3) is 0 Å². The van der Waals surface area contributed by atoms with E-state index in [2.05, 4.69) is 12.2 Å². The minimum atomic E-state index is -0.0208. The van der Waals surface area contributed by atoms with Gasteiger partial charge in [0, 0.05) is 11.4 Å². The lowest BCUT2D eigenvalue weighted by Gasteiger charge is -2.26. The number of carbonyl (C=O) groups is 1. The number of amides is 1. The highest BCUT2D eigenvalue weighted by molar-refractivity contribution is 5.92. The molecule has 1 aromatic carbocycles. The number of nitrogens with one attached hydrogen (secondary N) is 1. The number of carbonyl (C=O) groups excluding carboxylic acids is 1. The van der Waals surface area contributed by atoms with Crippen LogP contribution in [0, 0.1) is 12.8 Å². The summed E-state index contributed by atoms with van der Waals surface area (Å²) in [4.78, 5) is 12.0. The van der Waals surface area contributed by atoms with E-state index >= 15 is 0 Å². The van der Waals surface area contributed by atoms with Gasteiger partial charge in [-0.1, -0.05) is 25.8 Å². The van der Waals surface area contributed by atoms with Gasteiger partial charge in [-0.05, 0) is 43.4 Å². The average molecular weight is 290 g/mol. The highest BCUT2D eigenvalue weighted by Crippen LogP contribution is 2.25. The molecule has 1 aromatic rings. The summed E-state index contributed by atoms with van der Waals surface area (Å²) in [5.74, 6) is 0.722. The number of anilines is 2. The van der Waals surface area contributed by atoms with Crippen molar-refractivity contribution in [2.24, 2.45) is 5.92 Å². The van der Waals surface area contributed by atoms with Crippen molar-refractivity contribution in [3.63, 3.8) is 0 Å². The van der Waals surface area contributed by atoms with Gasteiger partial charge >= 0.3 is 0 Å². The van der Waals surface area contributed by atoms with Gasteiger partial charge in [-0.3, -0.25) is 4.79 Å². The Hall–Kier alpha value is -1.55. The Morgan fingerprint density at radius 1 is 1.43 bits per heavy atom. The molecule has 116 valence electrons. The van der Waals surface area contributed by atoms with Crippen LogP contribution in [0.5, 0.6) is 0 Å². The minimum absolute atomic E-state index is 0.0208. The molecule has 4 heteroatoms. The lowest BCUT2D eigenvalue weighted by atomic mass is 9.89. The quantitative estimate of drug-likeness (QED) is 0.816. The van der Waals surface area contributed by atoms with E-state index in [-0.39, 0.29) is 5.91 Å². The summed E-state index contributed by atoms with van der Waals surface area (Å²) in [6.07, 6.45) is 5.50. The first kappa shape index (κ1) is 15.8. The third-order valence-electron chi connectivity index (χ3n) is 4.22. The van der Waals surface area contributed by atoms with E-state index in [4.69, 9.17) is 10.5 Å². The SMILES string of the molecule is Cc1c(N)cccc1NC(=O)CCOC1CCCC(C)C1. The highest BCUT2D eigenvalue weighted by atomic mass is 16.5. The Balaban J connectivity index is 1.73. The van der Waals surface area contributed by atoms with E-state index in [1.165, 1.54) is 12.8 Å². The number of benzene rings is 1. The molecule has 1 aliphatic carbocycles. The fourth-order valence-electron chi connectivity index (χ4n) is 2.85. The maximum atomic E-state index is 12.0. The average Bonchev–Trinajstić information content (AvgIpc) is 2.44. The van der Waals surface area contributed by atoms with Crippen LogP contribution in [0.1, 0.15) is 44.6 Å². The van der Waals surface area contributed by atoms with E-state index in [0.29, 0.717) is 24.8 Å². The van der Waals surface area contributed by atoms with Gasteiger partial charge in [0.15, 0.2) is 0 Å². The molecule has 0 aromatic heterocycles. The zero-order valence-electron chi connectivity index (χ0n) is 13.0. The summed E-state index contributed by atoms with van der Waals surface area (Å²) in [5.41, 5.74) is 8.22. The highest BCUT2D eigenvalue weighted by Gasteiger charge is 2.19. The van der Waals surface area contributed by atoms with Crippen LogP contribution in [-0.4, -0.2) is 18.6 Å². The van der Waals surface area contributed by atoms with Crippen LogP contribution in [0.25, 0.3) is 0 Å². The Morgan fingerprint density at radius 2 is 2.24 bits per heavy atom. The second kappa shape index (κ2) is 7.46. The van der Waals surface area contributed by atoms with E-state index in [9.17, 15) is 4.79 Å². The predicted molar refractivity (Wildman–Crippen MR) is 86.2 cm³/mol. The third-order valence-corrected chi connectivity index (χ3v) is 4.22. The molecule has 0 saturated heterocycles. The number of nitrogen functional groups attached to an aromatic ring is 1. The Labute approximate surface area is 127 Å². The van der Waals surface area contributed by atoms with Crippen molar-refractivity contribution in [3.8, 4) is 0 Å². The topological polar surface area (TPSA) is 64.3 Å². The number of hydrogen-bond acceptors (Lipinski definition) is 3. The summed E-state index contributed by atoms with van der Waals surface area (Å²) in [7, 11) is 0. The molecule has 0 heterocycles. The molecule has 0 spiro atoms. The predicted octanol–water partition coefficient (Wildman–Crippen LogP) is 3.50. The van der Waals surface area contributed by atoms with Gasteiger partial charge in [0.05, 0.1) is 19.1 Å². The van der Waals surface area contributed by atoms with Crippen molar-refractivity contribution in [1.82, 2.24) is 0 Å². The van der Waals surface area contributed by atoms with Gasteiger partial charge < -0.3 is 15.8 Å². The normalized spacial score (nSPS) is 22.0. The van der Waals surface area contributed by atoms with Crippen LogP contribution in [0.2, 0.25) is 0 Å². The largest absolute Gasteiger partial charge is 0.398 e. The molecule has 1 aliphatic rings. The Morgan fingerprint density at radius 3 is 3.00 bits per heavy atom. The number of ether oxygens (including phenoxy) is 1. The lowest BCUT2D eigenvalue weighted by molar-refractivity contribution is -0.117. The number of nitrogens with two attached hydrogens (primary N) is 1. The molecule has 2 unspecified atom stereocenters. The fourth-order valence-corrected chi connectivity index (χ4v) is 2.85. The maximum absolute atomic E-state index is 12.0. The lowest BCUT2D eigenvalue weighted by Crippen LogP contribution is -2.23. The molecular weight excluding hydrogens is 264 g/mol. The molecular formula is C17H26N2O2. The summed E-state index contributed by atoms with van der Waals surface area (Å²) >= 11 is 0. The Kier molecular flexibility index (Phi) is 5.62. The van der Waals surface area contributed by atoms with Crippen molar-refractivity contribution in [2.75, 3.05) is 17.7 Å². The van der Waals surface area contributed by atoms with Crippen LogP contribution >= 0.6 is 0 Å². The first-order chi connectivity index (χ1) is 10.1. The number of rotatable bonds is 5. The molecule has 2 atom stereocenters. The van der Waals surface area contributed by atoms with E-state index in [0.717, 1.165) is 30.0 Å². The van der Waals surface area contributed by atoms with E-state index in [1.54, 1.807) is 0 Å². The second-order valence-corrected chi connectivity index (χ2v) is 6.08. The first-order valence-corrected chi connectivity index (χ1v) is 7.83. The molecule has 2 rings (SSSR count). The molecule has 1 fully saturated rings.